The van der Waals surface area contributed by atoms with E-state index in [4.69, 9.17) is 9.47 Å². The SMILES string of the molecule is Cc1ccc(OCC2CCC3(CCCC3)O2)c(C(C)O)c1. The van der Waals surface area contributed by atoms with Crippen LogP contribution in [-0.2, 0) is 4.74 Å². The molecule has 21 heavy (non-hydrogen) atoms. The predicted octanol–water partition coefficient (Wildman–Crippen LogP) is 3.92. The molecule has 1 aliphatic carbocycles. The van der Waals surface area contributed by atoms with Crippen LogP contribution in [0.5, 0.6) is 5.75 Å². The normalized spacial score (nSPS) is 25.4. The molecule has 0 aromatic heterocycles. The van der Waals surface area contributed by atoms with Crippen molar-refractivity contribution < 1.29 is 14.6 Å². The second-order valence-electron chi connectivity index (χ2n) is 6.70. The Bertz CT molecular complexity index is 489. The van der Waals surface area contributed by atoms with Crippen LogP contribution in [0.4, 0.5) is 0 Å². The topological polar surface area (TPSA) is 38.7 Å². The van der Waals surface area contributed by atoms with E-state index in [9.17, 15) is 5.11 Å². The molecular formula is C18H26O3. The standard InChI is InChI=1S/C18H26O3/c1-13-5-6-17(16(11-13)14(2)19)20-12-15-7-10-18(21-15)8-3-4-9-18/h5-6,11,14-15,19H,3-4,7-10,12H2,1-2H3. The van der Waals surface area contributed by atoms with Gasteiger partial charge in [0.1, 0.15) is 12.4 Å². The Morgan fingerprint density at radius 1 is 1.33 bits per heavy atom. The molecule has 1 aromatic rings. The maximum atomic E-state index is 9.88. The first-order chi connectivity index (χ1) is 10.1. The van der Waals surface area contributed by atoms with Crippen LogP contribution >= 0.6 is 0 Å². The summed E-state index contributed by atoms with van der Waals surface area (Å²) in [5.41, 5.74) is 2.16. The Labute approximate surface area is 127 Å². The van der Waals surface area contributed by atoms with Gasteiger partial charge in [-0.1, -0.05) is 24.5 Å². The van der Waals surface area contributed by atoms with Crippen molar-refractivity contribution in [3.8, 4) is 5.75 Å². The second kappa shape index (κ2) is 5.98. The monoisotopic (exact) mass is 290 g/mol. The van der Waals surface area contributed by atoms with Crippen LogP contribution in [0.25, 0.3) is 0 Å². The zero-order valence-corrected chi connectivity index (χ0v) is 13.1. The lowest BCUT2D eigenvalue weighted by Crippen LogP contribution is -2.27. The summed E-state index contributed by atoms with van der Waals surface area (Å²) in [6.07, 6.45) is 7.00. The molecular weight excluding hydrogens is 264 g/mol. The summed E-state index contributed by atoms with van der Waals surface area (Å²) in [6, 6.07) is 5.97. The van der Waals surface area contributed by atoms with E-state index >= 15 is 0 Å². The Morgan fingerprint density at radius 3 is 2.81 bits per heavy atom. The summed E-state index contributed by atoms with van der Waals surface area (Å²) in [7, 11) is 0. The Kier molecular flexibility index (Phi) is 4.23. The van der Waals surface area contributed by atoms with E-state index in [0.29, 0.717) is 6.61 Å². The Morgan fingerprint density at radius 2 is 2.10 bits per heavy atom. The van der Waals surface area contributed by atoms with Gasteiger partial charge in [0.05, 0.1) is 17.8 Å². The summed E-state index contributed by atoms with van der Waals surface area (Å²) in [5, 5.41) is 9.88. The summed E-state index contributed by atoms with van der Waals surface area (Å²) < 4.78 is 12.2. The third-order valence-corrected chi connectivity index (χ3v) is 4.89. The summed E-state index contributed by atoms with van der Waals surface area (Å²) in [6.45, 7) is 4.39. The van der Waals surface area contributed by atoms with E-state index in [1.54, 1.807) is 6.92 Å². The summed E-state index contributed by atoms with van der Waals surface area (Å²) in [5.74, 6) is 0.784. The largest absolute Gasteiger partial charge is 0.490 e. The van der Waals surface area contributed by atoms with Crippen molar-refractivity contribution in [2.45, 2.75) is 70.2 Å². The fourth-order valence-electron chi connectivity index (χ4n) is 3.71. The van der Waals surface area contributed by atoms with Crippen LogP contribution in [0.1, 0.15) is 62.7 Å². The number of aliphatic hydroxyl groups is 1. The summed E-state index contributed by atoms with van der Waals surface area (Å²) >= 11 is 0. The predicted molar refractivity (Wildman–Crippen MR) is 82.6 cm³/mol. The molecule has 3 heteroatoms. The van der Waals surface area contributed by atoms with Crippen molar-refractivity contribution in [2.24, 2.45) is 0 Å². The van der Waals surface area contributed by atoms with Gasteiger partial charge in [-0.25, -0.2) is 0 Å². The molecule has 1 spiro atoms. The minimum atomic E-state index is -0.509. The van der Waals surface area contributed by atoms with Gasteiger partial charge in [-0.05, 0) is 51.7 Å². The van der Waals surface area contributed by atoms with Crippen LogP contribution in [0, 0.1) is 6.92 Å². The van der Waals surface area contributed by atoms with Crippen LogP contribution in [0.2, 0.25) is 0 Å². The molecule has 1 aliphatic heterocycles. The molecule has 0 amide bonds. The quantitative estimate of drug-likeness (QED) is 0.913. The molecule has 0 bridgehead atoms. The van der Waals surface area contributed by atoms with E-state index in [2.05, 4.69) is 0 Å². The van der Waals surface area contributed by atoms with Gasteiger partial charge in [0.2, 0.25) is 0 Å². The minimum Gasteiger partial charge on any atom is -0.490 e. The summed E-state index contributed by atoms with van der Waals surface area (Å²) in [4.78, 5) is 0. The average molecular weight is 290 g/mol. The van der Waals surface area contributed by atoms with E-state index in [1.807, 2.05) is 25.1 Å². The molecule has 0 radical (unpaired) electrons. The van der Waals surface area contributed by atoms with Gasteiger partial charge in [-0.15, -0.1) is 0 Å². The smallest absolute Gasteiger partial charge is 0.125 e. The van der Waals surface area contributed by atoms with E-state index in [1.165, 1.54) is 32.1 Å². The molecule has 1 saturated carbocycles. The number of aryl methyl sites for hydroxylation is 1. The van der Waals surface area contributed by atoms with Gasteiger partial charge in [-0.3, -0.25) is 0 Å². The van der Waals surface area contributed by atoms with Crippen molar-refractivity contribution in [2.75, 3.05) is 6.61 Å². The third kappa shape index (κ3) is 3.24. The van der Waals surface area contributed by atoms with Crippen LogP contribution in [0.3, 0.4) is 0 Å². The zero-order valence-electron chi connectivity index (χ0n) is 13.1. The highest BCUT2D eigenvalue weighted by Crippen LogP contribution is 2.43. The molecule has 1 saturated heterocycles. The molecule has 3 nitrogen and oxygen atoms in total. The van der Waals surface area contributed by atoms with Gasteiger partial charge in [0.25, 0.3) is 0 Å². The molecule has 1 N–H and O–H groups in total. The molecule has 1 heterocycles. The van der Waals surface area contributed by atoms with E-state index < -0.39 is 6.10 Å². The van der Waals surface area contributed by atoms with E-state index in [0.717, 1.165) is 23.3 Å². The highest BCUT2D eigenvalue weighted by Gasteiger charge is 2.42. The average Bonchev–Trinajstić information content (AvgIpc) is 3.08. The first-order valence-electron chi connectivity index (χ1n) is 8.17. The van der Waals surface area contributed by atoms with Crippen molar-refractivity contribution in [3.05, 3.63) is 29.3 Å². The fourth-order valence-corrected chi connectivity index (χ4v) is 3.71. The zero-order chi connectivity index (χ0) is 14.9. The first-order valence-corrected chi connectivity index (χ1v) is 8.17. The number of aliphatic hydroxyl groups excluding tert-OH is 1. The van der Waals surface area contributed by atoms with Gasteiger partial charge < -0.3 is 14.6 Å². The first kappa shape index (κ1) is 14.9. The van der Waals surface area contributed by atoms with Crippen LogP contribution in [0.15, 0.2) is 18.2 Å². The van der Waals surface area contributed by atoms with Gasteiger partial charge in [0.15, 0.2) is 0 Å². The highest BCUT2D eigenvalue weighted by atomic mass is 16.6. The van der Waals surface area contributed by atoms with Gasteiger partial charge >= 0.3 is 0 Å². The maximum absolute atomic E-state index is 9.88. The lowest BCUT2D eigenvalue weighted by Gasteiger charge is -2.24. The van der Waals surface area contributed by atoms with Crippen molar-refractivity contribution >= 4 is 0 Å². The van der Waals surface area contributed by atoms with Crippen LogP contribution in [-0.4, -0.2) is 23.4 Å². The Balaban J connectivity index is 1.61. The van der Waals surface area contributed by atoms with Gasteiger partial charge in [-0.2, -0.15) is 0 Å². The fraction of sp³-hybridized carbons (Fsp3) is 0.667. The molecule has 3 rings (SSSR count). The molecule has 2 fully saturated rings. The van der Waals surface area contributed by atoms with Crippen molar-refractivity contribution in [3.63, 3.8) is 0 Å². The Hall–Kier alpha value is -1.06. The highest BCUT2D eigenvalue weighted by molar-refractivity contribution is 5.38. The number of hydrogen-bond donors (Lipinski definition) is 1. The van der Waals surface area contributed by atoms with Crippen molar-refractivity contribution in [1.82, 2.24) is 0 Å². The molecule has 2 unspecified atom stereocenters. The lowest BCUT2D eigenvalue weighted by atomic mass is 9.98. The number of ether oxygens (including phenoxy) is 2. The number of hydrogen-bond acceptors (Lipinski definition) is 3. The second-order valence-corrected chi connectivity index (χ2v) is 6.70. The molecule has 2 atom stereocenters. The molecule has 2 aliphatic rings. The number of rotatable bonds is 4. The van der Waals surface area contributed by atoms with Crippen LogP contribution < -0.4 is 4.74 Å². The van der Waals surface area contributed by atoms with E-state index in [-0.39, 0.29) is 11.7 Å². The third-order valence-electron chi connectivity index (χ3n) is 4.89. The number of benzene rings is 1. The van der Waals surface area contributed by atoms with Gasteiger partial charge in [0, 0.05) is 5.56 Å². The minimum absolute atomic E-state index is 0.161. The van der Waals surface area contributed by atoms with Crippen molar-refractivity contribution in [1.29, 1.82) is 0 Å². The molecule has 116 valence electrons. The maximum Gasteiger partial charge on any atom is 0.125 e. The molecule has 1 aromatic carbocycles. The lowest BCUT2D eigenvalue weighted by molar-refractivity contribution is -0.0511.